The van der Waals surface area contributed by atoms with Gasteiger partial charge in [-0.25, -0.2) is 0 Å². The molecule has 0 spiro atoms. The van der Waals surface area contributed by atoms with Gasteiger partial charge in [0.1, 0.15) is 18.0 Å². The average Bonchev–Trinajstić information content (AvgIpc) is 2.96. The van der Waals surface area contributed by atoms with Gasteiger partial charge >= 0.3 is 0 Å². The van der Waals surface area contributed by atoms with Crippen molar-refractivity contribution in [2.45, 2.75) is 63.9 Å². The fraction of sp³-hybridized carbons (Fsp3) is 0.696. The molecule has 1 aromatic carbocycles. The van der Waals surface area contributed by atoms with Crippen molar-refractivity contribution in [1.29, 1.82) is 0 Å². The molecule has 0 unspecified atom stereocenters. The monoisotopic (exact) mass is 388 g/mol. The summed E-state index contributed by atoms with van der Waals surface area (Å²) in [6.07, 6.45) is 8.68. The molecule has 1 aliphatic heterocycles. The first-order valence-corrected chi connectivity index (χ1v) is 10.9. The number of likely N-dealkylation sites (tertiary alicyclic amines) is 1. The van der Waals surface area contributed by atoms with E-state index < -0.39 is 5.60 Å². The van der Waals surface area contributed by atoms with Crippen LogP contribution in [0, 0.1) is 5.92 Å². The number of nitrogens with one attached hydrogen (secondary N) is 1. The molecule has 2 aliphatic rings. The van der Waals surface area contributed by atoms with Crippen molar-refractivity contribution >= 4 is 11.6 Å². The minimum atomic E-state index is -0.683. The fourth-order valence-electron chi connectivity index (χ4n) is 4.49. The van der Waals surface area contributed by atoms with E-state index in [1.165, 1.54) is 38.8 Å². The Labute approximate surface area is 169 Å². The maximum Gasteiger partial charge on any atom is 0.256 e. The summed E-state index contributed by atoms with van der Waals surface area (Å²) in [5.41, 5.74) is 0.111. The molecule has 0 radical (unpaired) electrons. The quantitative estimate of drug-likeness (QED) is 0.700. The van der Waals surface area contributed by atoms with E-state index in [-0.39, 0.29) is 5.91 Å². The summed E-state index contributed by atoms with van der Waals surface area (Å²) in [6.45, 7) is 6.35. The highest BCUT2D eigenvalue weighted by molar-refractivity contribution is 5.97. The van der Waals surface area contributed by atoms with Crippen molar-refractivity contribution in [3.8, 4) is 5.75 Å². The Bertz CT molecular complexity index is 609. The molecule has 2 fully saturated rings. The summed E-state index contributed by atoms with van der Waals surface area (Å²) >= 11 is 0. The van der Waals surface area contributed by atoms with Gasteiger partial charge in [-0.15, -0.1) is 0 Å². The van der Waals surface area contributed by atoms with Gasteiger partial charge < -0.3 is 14.8 Å². The number of benzene rings is 1. The topological polar surface area (TPSA) is 50.8 Å². The van der Waals surface area contributed by atoms with Crippen molar-refractivity contribution in [2.75, 3.05) is 38.7 Å². The second-order valence-corrected chi connectivity index (χ2v) is 8.49. The number of ether oxygens (including phenoxy) is 2. The summed E-state index contributed by atoms with van der Waals surface area (Å²) in [6, 6.07) is 7.69. The van der Waals surface area contributed by atoms with Gasteiger partial charge in [0.05, 0.1) is 0 Å². The number of nitrogens with zero attached hydrogens (tertiary/aromatic N) is 1. The lowest BCUT2D eigenvalue weighted by atomic mass is 9.93. The largest absolute Gasteiger partial charge is 0.492 e. The van der Waals surface area contributed by atoms with E-state index in [9.17, 15) is 4.79 Å². The van der Waals surface area contributed by atoms with Crippen LogP contribution in [0.2, 0.25) is 0 Å². The standard InChI is InChI=1S/C23H36N2O3/c1-19-8-7-15-25(18-19)16-17-28-21-11-9-20(10-12-21)24-22(26)23(27-2)13-5-3-4-6-14-23/h9-12,19H,3-8,13-18H2,1-2H3,(H,24,26)/t19-/m1/s1. The summed E-state index contributed by atoms with van der Waals surface area (Å²) in [5.74, 6) is 1.62. The van der Waals surface area contributed by atoms with Crippen LogP contribution in [-0.2, 0) is 9.53 Å². The van der Waals surface area contributed by atoms with Gasteiger partial charge in [0.2, 0.25) is 0 Å². The maximum atomic E-state index is 12.9. The highest BCUT2D eigenvalue weighted by Gasteiger charge is 2.38. The lowest BCUT2D eigenvalue weighted by Crippen LogP contribution is -2.44. The first kappa shape index (κ1) is 21.1. The third-order valence-electron chi connectivity index (χ3n) is 6.25. The van der Waals surface area contributed by atoms with E-state index in [4.69, 9.17) is 9.47 Å². The maximum absolute atomic E-state index is 12.9. The molecule has 0 bridgehead atoms. The number of carbonyl (C=O) groups is 1. The molecule has 28 heavy (non-hydrogen) atoms. The molecular weight excluding hydrogens is 352 g/mol. The van der Waals surface area contributed by atoms with Gasteiger partial charge in [-0.2, -0.15) is 0 Å². The van der Waals surface area contributed by atoms with Crippen LogP contribution in [0.15, 0.2) is 24.3 Å². The molecule has 1 aliphatic carbocycles. The van der Waals surface area contributed by atoms with Gasteiger partial charge in [-0.05, 0) is 62.4 Å². The second-order valence-electron chi connectivity index (χ2n) is 8.49. The molecule has 1 atom stereocenters. The Morgan fingerprint density at radius 2 is 1.86 bits per heavy atom. The summed E-state index contributed by atoms with van der Waals surface area (Å²) < 4.78 is 11.6. The zero-order valence-electron chi connectivity index (χ0n) is 17.5. The summed E-state index contributed by atoms with van der Waals surface area (Å²) in [7, 11) is 1.66. The van der Waals surface area contributed by atoms with Crippen molar-refractivity contribution in [2.24, 2.45) is 5.92 Å². The van der Waals surface area contributed by atoms with Crippen molar-refractivity contribution in [3.05, 3.63) is 24.3 Å². The number of rotatable bonds is 7. The van der Waals surface area contributed by atoms with E-state index in [0.717, 1.165) is 49.6 Å². The number of piperidine rings is 1. The van der Waals surface area contributed by atoms with Crippen LogP contribution in [0.5, 0.6) is 5.75 Å². The average molecular weight is 389 g/mol. The van der Waals surface area contributed by atoms with Crippen LogP contribution in [-0.4, -0.2) is 49.8 Å². The van der Waals surface area contributed by atoms with E-state index in [2.05, 4.69) is 17.1 Å². The zero-order chi connectivity index (χ0) is 19.8. The molecule has 1 N–H and O–H groups in total. The predicted molar refractivity (Wildman–Crippen MR) is 113 cm³/mol. The Morgan fingerprint density at radius 1 is 1.14 bits per heavy atom. The van der Waals surface area contributed by atoms with E-state index in [1.807, 2.05) is 24.3 Å². The molecule has 0 aromatic heterocycles. The van der Waals surface area contributed by atoms with Crippen LogP contribution in [0.4, 0.5) is 5.69 Å². The van der Waals surface area contributed by atoms with Crippen LogP contribution in [0.1, 0.15) is 58.3 Å². The number of hydrogen-bond acceptors (Lipinski definition) is 4. The first-order chi connectivity index (χ1) is 13.6. The van der Waals surface area contributed by atoms with Gasteiger partial charge in [-0.3, -0.25) is 9.69 Å². The molecule has 1 heterocycles. The fourth-order valence-corrected chi connectivity index (χ4v) is 4.49. The molecule has 1 amide bonds. The number of methoxy groups -OCH3 is 1. The van der Waals surface area contributed by atoms with Crippen LogP contribution >= 0.6 is 0 Å². The number of anilines is 1. The Balaban J connectivity index is 1.47. The molecule has 156 valence electrons. The van der Waals surface area contributed by atoms with Gasteiger partial charge in [0.15, 0.2) is 0 Å². The third-order valence-corrected chi connectivity index (χ3v) is 6.25. The van der Waals surface area contributed by atoms with Crippen LogP contribution in [0.25, 0.3) is 0 Å². The lowest BCUT2D eigenvalue weighted by molar-refractivity contribution is -0.139. The highest BCUT2D eigenvalue weighted by atomic mass is 16.5. The Hall–Kier alpha value is -1.59. The third kappa shape index (κ3) is 5.71. The number of amides is 1. The van der Waals surface area contributed by atoms with E-state index in [1.54, 1.807) is 7.11 Å². The number of hydrogen-bond donors (Lipinski definition) is 1. The minimum absolute atomic E-state index is 0.0233. The lowest BCUT2D eigenvalue weighted by Gasteiger charge is -2.30. The van der Waals surface area contributed by atoms with Crippen molar-refractivity contribution < 1.29 is 14.3 Å². The van der Waals surface area contributed by atoms with E-state index >= 15 is 0 Å². The Kier molecular flexibility index (Phi) is 7.74. The van der Waals surface area contributed by atoms with Crippen molar-refractivity contribution in [1.82, 2.24) is 4.90 Å². The first-order valence-electron chi connectivity index (χ1n) is 10.9. The molecular formula is C23H36N2O3. The normalized spacial score (nSPS) is 23.0. The van der Waals surface area contributed by atoms with Crippen molar-refractivity contribution in [3.63, 3.8) is 0 Å². The highest BCUT2D eigenvalue weighted by Crippen LogP contribution is 2.31. The molecule has 5 heteroatoms. The molecule has 5 nitrogen and oxygen atoms in total. The smallest absolute Gasteiger partial charge is 0.256 e. The van der Waals surface area contributed by atoms with Gasteiger partial charge in [0.25, 0.3) is 5.91 Å². The minimum Gasteiger partial charge on any atom is -0.492 e. The molecule has 1 saturated carbocycles. The molecule has 3 rings (SSSR count). The zero-order valence-corrected chi connectivity index (χ0v) is 17.5. The second kappa shape index (κ2) is 10.3. The van der Waals surface area contributed by atoms with Crippen LogP contribution in [0.3, 0.4) is 0 Å². The molecule has 1 aromatic rings. The SMILES string of the molecule is COC1(C(=O)Nc2ccc(OCCN3CCC[C@@H](C)C3)cc2)CCCCCC1. The summed E-state index contributed by atoms with van der Waals surface area (Å²) in [4.78, 5) is 15.3. The molecule has 1 saturated heterocycles. The van der Waals surface area contributed by atoms with Crippen LogP contribution < -0.4 is 10.1 Å². The Morgan fingerprint density at radius 3 is 2.50 bits per heavy atom. The van der Waals surface area contributed by atoms with E-state index in [0.29, 0.717) is 6.61 Å². The number of carbonyl (C=O) groups excluding carboxylic acids is 1. The summed E-state index contributed by atoms with van der Waals surface area (Å²) in [5, 5.41) is 3.04. The van der Waals surface area contributed by atoms with Gasteiger partial charge in [0, 0.05) is 25.9 Å². The van der Waals surface area contributed by atoms with Gasteiger partial charge in [-0.1, -0.05) is 32.6 Å². The predicted octanol–water partition coefficient (Wildman–Crippen LogP) is 4.48.